The van der Waals surface area contributed by atoms with E-state index in [1.807, 2.05) is 29.2 Å². The zero-order valence-corrected chi connectivity index (χ0v) is 14.3. The summed E-state index contributed by atoms with van der Waals surface area (Å²) in [6.45, 7) is 3.32. The lowest BCUT2D eigenvalue weighted by atomic mass is 10.2. The first-order chi connectivity index (χ1) is 12.2. The largest absolute Gasteiger partial charge is 0.493 e. The molecule has 0 atom stereocenters. The SMILES string of the molecule is COc1ccc(/C=C/c2nc(C#N)c(N3CCNCC3)o2)cc1OC. The minimum Gasteiger partial charge on any atom is -0.493 e. The molecule has 3 rings (SSSR count). The van der Waals surface area contributed by atoms with Gasteiger partial charge in [0, 0.05) is 32.3 Å². The number of oxazole rings is 1. The average molecular weight is 340 g/mol. The van der Waals surface area contributed by atoms with Gasteiger partial charge in [-0.1, -0.05) is 6.07 Å². The molecule has 1 N–H and O–H groups in total. The number of nitrogens with one attached hydrogen (secondary N) is 1. The Bertz CT molecular complexity index is 801. The van der Waals surface area contributed by atoms with Crippen molar-refractivity contribution in [1.29, 1.82) is 5.26 Å². The van der Waals surface area contributed by atoms with Gasteiger partial charge in [0.25, 0.3) is 0 Å². The van der Waals surface area contributed by atoms with E-state index in [1.165, 1.54) is 0 Å². The van der Waals surface area contributed by atoms with Gasteiger partial charge >= 0.3 is 0 Å². The van der Waals surface area contributed by atoms with E-state index < -0.39 is 0 Å². The maximum Gasteiger partial charge on any atom is 0.235 e. The summed E-state index contributed by atoms with van der Waals surface area (Å²) in [6.07, 6.45) is 3.60. The van der Waals surface area contributed by atoms with Crippen LogP contribution in [0, 0.1) is 11.3 Å². The molecule has 2 heterocycles. The minimum atomic E-state index is 0.314. The van der Waals surface area contributed by atoms with Crippen molar-refractivity contribution in [3.05, 3.63) is 35.3 Å². The van der Waals surface area contributed by atoms with Crippen molar-refractivity contribution in [2.45, 2.75) is 0 Å². The summed E-state index contributed by atoms with van der Waals surface area (Å²) < 4.78 is 16.3. The summed E-state index contributed by atoms with van der Waals surface area (Å²) in [7, 11) is 3.19. The molecular formula is C18H20N4O3. The number of hydrogen-bond donors (Lipinski definition) is 1. The van der Waals surface area contributed by atoms with Crippen LogP contribution >= 0.6 is 0 Å². The Balaban J connectivity index is 1.82. The number of methoxy groups -OCH3 is 2. The lowest BCUT2D eigenvalue weighted by Gasteiger charge is -2.26. The van der Waals surface area contributed by atoms with Crippen LogP contribution in [-0.4, -0.2) is 45.4 Å². The topological polar surface area (TPSA) is 83.5 Å². The average Bonchev–Trinajstić information content (AvgIpc) is 3.10. The van der Waals surface area contributed by atoms with E-state index in [2.05, 4.69) is 16.4 Å². The third-order valence-corrected chi connectivity index (χ3v) is 3.96. The fourth-order valence-corrected chi connectivity index (χ4v) is 2.68. The van der Waals surface area contributed by atoms with Crippen LogP contribution in [0.1, 0.15) is 17.1 Å². The molecule has 1 fully saturated rings. The zero-order valence-electron chi connectivity index (χ0n) is 14.3. The van der Waals surface area contributed by atoms with E-state index in [1.54, 1.807) is 20.3 Å². The number of piperazine rings is 1. The third kappa shape index (κ3) is 3.75. The second kappa shape index (κ2) is 7.73. The highest BCUT2D eigenvalue weighted by Crippen LogP contribution is 2.28. The summed E-state index contributed by atoms with van der Waals surface area (Å²) >= 11 is 0. The second-order valence-electron chi connectivity index (χ2n) is 5.50. The zero-order chi connectivity index (χ0) is 17.6. The third-order valence-electron chi connectivity index (χ3n) is 3.96. The fourth-order valence-electron chi connectivity index (χ4n) is 2.68. The summed E-state index contributed by atoms with van der Waals surface area (Å²) in [4.78, 5) is 6.30. The van der Waals surface area contributed by atoms with Crippen LogP contribution in [0.4, 0.5) is 5.88 Å². The molecule has 7 nitrogen and oxygen atoms in total. The molecule has 0 bridgehead atoms. The van der Waals surface area contributed by atoms with Gasteiger partial charge in [0.2, 0.25) is 17.5 Å². The van der Waals surface area contributed by atoms with Gasteiger partial charge in [-0.3, -0.25) is 0 Å². The van der Waals surface area contributed by atoms with Crippen molar-refractivity contribution in [3.8, 4) is 17.6 Å². The number of aromatic nitrogens is 1. The van der Waals surface area contributed by atoms with Crippen LogP contribution in [0.2, 0.25) is 0 Å². The standard InChI is InChI=1S/C18H20N4O3/c1-23-15-5-3-13(11-16(15)24-2)4-6-17-21-14(12-19)18(25-17)22-9-7-20-8-10-22/h3-6,11,20H,7-10H2,1-2H3/b6-4+. The molecule has 1 saturated heterocycles. The lowest BCUT2D eigenvalue weighted by Crippen LogP contribution is -2.43. The maximum atomic E-state index is 9.30. The molecule has 25 heavy (non-hydrogen) atoms. The summed E-state index contributed by atoms with van der Waals surface area (Å²) in [6, 6.07) is 7.71. The molecule has 1 aromatic carbocycles. The predicted molar refractivity (Wildman–Crippen MR) is 94.8 cm³/mol. The number of nitriles is 1. The Hall–Kier alpha value is -2.98. The number of nitrogens with zero attached hydrogens (tertiary/aromatic N) is 3. The van der Waals surface area contributed by atoms with Crippen LogP contribution in [0.15, 0.2) is 22.6 Å². The molecule has 0 unspecified atom stereocenters. The molecule has 0 saturated carbocycles. The Morgan fingerprint density at radius 3 is 2.64 bits per heavy atom. The van der Waals surface area contributed by atoms with Gasteiger partial charge in [-0.05, 0) is 23.8 Å². The van der Waals surface area contributed by atoms with E-state index in [9.17, 15) is 5.26 Å². The molecule has 1 aliphatic heterocycles. The van der Waals surface area contributed by atoms with Crippen LogP contribution in [0.5, 0.6) is 11.5 Å². The molecule has 0 amide bonds. The van der Waals surface area contributed by atoms with Gasteiger partial charge < -0.3 is 24.1 Å². The lowest BCUT2D eigenvalue weighted by molar-refractivity contribution is 0.355. The number of hydrogen-bond acceptors (Lipinski definition) is 7. The summed E-state index contributed by atoms with van der Waals surface area (Å²) in [5.74, 6) is 2.26. The molecule has 0 aliphatic carbocycles. The number of benzene rings is 1. The highest BCUT2D eigenvalue weighted by Gasteiger charge is 2.20. The molecule has 1 aromatic heterocycles. The van der Waals surface area contributed by atoms with E-state index in [-0.39, 0.29) is 0 Å². The number of ether oxygens (including phenoxy) is 2. The monoisotopic (exact) mass is 340 g/mol. The molecule has 1 aliphatic rings. The highest BCUT2D eigenvalue weighted by atomic mass is 16.5. The van der Waals surface area contributed by atoms with Crippen LogP contribution in [0.3, 0.4) is 0 Å². The quantitative estimate of drug-likeness (QED) is 0.893. The molecular weight excluding hydrogens is 320 g/mol. The molecule has 2 aromatic rings. The van der Waals surface area contributed by atoms with E-state index >= 15 is 0 Å². The van der Waals surface area contributed by atoms with Crippen molar-refractivity contribution < 1.29 is 13.9 Å². The Morgan fingerprint density at radius 1 is 1.20 bits per heavy atom. The fraction of sp³-hybridized carbons (Fsp3) is 0.333. The molecule has 0 spiro atoms. The maximum absolute atomic E-state index is 9.30. The molecule has 130 valence electrons. The number of anilines is 1. The van der Waals surface area contributed by atoms with Crippen LogP contribution < -0.4 is 19.7 Å². The smallest absolute Gasteiger partial charge is 0.235 e. The van der Waals surface area contributed by atoms with E-state index in [0.29, 0.717) is 29.0 Å². The Kier molecular flexibility index (Phi) is 5.21. The molecule has 0 radical (unpaired) electrons. The van der Waals surface area contributed by atoms with E-state index in [0.717, 1.165) is 31.7 Å². The summed E-state index contributed by atoms with van der Waals surface area (Å²) in [5.41, 5.74) is 1.23. The van der Waals surface area contributed by atoms with Crippen LogP contribution in [0.25, 0.3) is 12.2 Å². The Labute approximate surface area is 146 Å². The minimum absolute atomic E-state index is 0.314. The van der Waals surface area contributed by atoms with Gasteiger partial charge in [0.15, 0.2) is 11.5 Å². The number of rotatable bonds is 5. The van der Waals surface area contributed by atoms with Crippen molar-refractivity contribution in [1.82, 2.24) is 10.3 Å². The normalized spacial score (nSPS) is 14.5. The Morgan fingerprint density at radius 2 is 1.96 bits per heavy atom. The van der Waals surface area contributed by atoms with Crippen molar-refractivity contribution in [3.63, 3.8) is 0 Å². The first-order valence-electron chi connectivity index (χ1n) is 8.02. The first-order valence-corrected chi connectivity index (χ1v) is 8.02. The van der Waals surface area contributed by atoms with Crippen molar-refractivity contribution >= 4 is 18.0 Å². The first kappa shape index (κ1) is 16.9. The summed E-state index contributed by atoms with van der Waals surface area (Å²) in [5, 5.41) is 12.6. The van der Waals surface area contributed by atoms with Gasteiger partial charge in [-0.2, -0.15) is 10.2 Å². The van der Waals surface area contributed by atoms with Gasteiger partial charge in [0.1, 0.15) is 6.07 Å². The van der Waals surface area contributed by atoms with Crippen molar-refractivity contribution in [2.24, 2.45) is 0 Å². The van der Waals surface area contributed by atoms with Crippen LogP contribution in [-0.2, 0) is 0 Å². The van der Waals surface area contributed by atoms with Crippen molar-refractivity contribution in [2.75, 3.05) is 45.3 Å². The van der Waals surface area contributed by atoms with Gasteiger partial charge in [0.05, 0.1) is 14.2 Å². The predicted octanol–water partition coefficient (Wildman–Crippen LogP) is 2.14. The second-order valence-corrected chi connectivity index (χ2v) is 5.50. The van der Waals surface area contributed by atoms with Gasteiger partial charge in [-0.25, -0.2) is 0 Å². The van der Waals surface area contributed by atoms with E-state index in [4.69, 9.17) is 13.9 Å². The molecule has 7 heteroatoms. The van der Waals surface area contributed by atoms with Gasteiger partial charge in [-0.15, -0.1) is 0 Å². The highest BCUT2D eigenvalue weighted by molar-refractivity contribution is 5.69.